The maximum absolute atomic E-state index is 13.0. The van der Waals surface area contributed by atoms with Crippen LogP contribution in [0.25, 0.3) is 0 Å². The van der Waals surface area contributed by atoms with Gasteiger partial charge in [-0.25, -0.2) is 8.78 Å². The van der Waals surface area contributed by atoms with Gasteiger partial charge in [-0.05, 0) is 37.5 Å². The highest BCUT2D eigenvalue weighted by Gasteiger charge is 2.20. The summed E-state index contributed by atoms with van der Waals surface area (Å²) in [4.78, 5) is 0. The highest BCUT2D eigenvalue weighted by atomic mass is 35.5. The van der Waals surface area contributed by atoms with Crippen molar-refractivity contribution in [1.82, 2.24) is 5.32 Å². The molecule has 0 aliphatic carbocycles. The second-order valence-electron chi connectivity index (χ2n) is 4.46. The minimum absolute atomic E-state index is 0.0629. The molecule has 0 aromatic heterocycles. The second kappa shape index (κ2) is 6.31. The predicted molar refractivity (Wildman–Crippen MR) is 67.2 cm³/mol. The van der Waals surface area contributed by atoms with Crippen LogP contribution in [-0.4, -0.2) is 11.4 Å². The third-order valence-corrected chi connectivity index (χ3v) is 3.32. The molecule has 0 fully saturated rings. The first kappa shape index (κ1) is 14.4. The summed E-state index contributed by atoms with van der Waals surface area (Å²) in [5.41, 5.74) is 0.672. The van der Waals surface area contributed by atoms with E-state index in [4.69, 9.17) is 11.6 Å². The Bertz CT molecular complexity index is 370. The number of halogens is 3. The van der Waals surface area contributed by atoms with Gasteiger partial charge in [0.15, 0.2) is 11.6 Å². The Morgan fingerprint density at radius 1 is 1.29 bits per heavy atom. The molecule has 1 N–H and O–H groups in total. The zero-order valence-corrected chi connectivity index (χ0v) is 11.0. The normalized spacial score (nSPS) is 14.6. The SMILES string of the molecule is CCC(C)(CCCl)NCc1ccc(F)c(F)c1. The summed E-state index contributed by atoms with van der Waals surface area (Å²) >= 11 is 5.74. The van der Waals surface area contributed by atoms with Crippen molar-refractivity contribution in [2.75, 3.05) is 5.88 Å². The van der Waals surface area contributed by atoms with Crippen molar-refractivity contribution in [3.05, 3.63) is 35.4 Å². The van der Waals surface area contributed by atoms with E-state index in [0.717, 1.165) is 24.5 Å². The van der Waals surface area contributed by atoms with Gasteiger partial charge in [-0.3, -0.25) is 0 Å². The molecule has 96 valence electrons. The molecule has 1 atom stereocenters. The highest BCUT2D eigenvalue weighted by molar-refractivity contribution is 6.17. The first-order valence-electron chi connectivity index (χ1n) is 5.75. The molecule has 0 saturated heterocycles. The van der Waals surface area contributed by atoms with Gasteiger partial charge in [0.25, 0.3) is 0 Å². The predicted octanol–water partition coefficient (Wildman–Crippen LogP) is 3.85. The summed E-state index contributed by atoms with van der Waals surface area (Å²) in [6.45, 7) is 4.67. The molecule has 0 bridgehead atoms. The van der Waals surface area contributed by atoms with Gasteiger partial charge in [-0.2, -0.15) is 0 Å². The van der Waals surface area contributed by atoms with E-state index >= 15 is 0 Å². The maximum atomic E-state index is 13.0. The van der Waals surface area contributed by atoms with Gasteiger partial charge in [-0.15, -0.1) is 11.6 Å². The van der Waals surface area contributed by atoms with Gasteiger partial charge in [-0.1, -0.05) is 13.0 Å². The Morgan fingerprint density at radius 2 is 2.00 bits per heavy atom. The van der Waals surface area contributed by atoms with E-state index in [1.54, 1.807) is 6.07 Å². The molecular weight excluding hydrogens is 244 g/mol. The van der Waals surface area contributed by atoms with Crippen LogP contribution in [-0.2, 0) is 6.54 Å². The van der Waals surface area contributed by atoms with Crippen molar-refractivity contribution in [3.63, 3.8) is 0 Å². The van der Waals surface area contributed by atoms with Crippen molar-refractivity contribution in [1.29, 1.82) is 0 Å². The number of alkyl halides is 1. The van der Waals surface area contributed by atoms with E-state index in [9.17, 15) is 8.78 Å². The number of rotatable bonds is 6. The van der Waals surface area contributed by atoms with Crippen LogP contribution in [0.4, 0.5) is 8.78 Å². The summed E-state index contributed by atoms with van der Waals surface area (Å²) in [6.07, 6.45) is 1.78. The number of hydrogen-bond donors (Lipinski definition) is 1. The fourth-order valence-corrected chi connectivity index (χ4v) is 1.98. The van der Waals surface area contributed by atoms with Gasteiger partial charge in [0.1, 0.15) is 0 Å². The van der Waals surface area contributed by atoms with Crippen LogP contribution in [0, 0.1) is 11.6 Å². The zero-order chi connectivity index (χ0) is 12.9. The number of benzene rings is 1. The minimum Gasteiger partial charge on any atom is -0.307 e. The lowest BCUT2D eigenvalue weighted by atomic mass is 9.95. The zero-order valence-electron chi connectivity index (χ0n) is 10.2. The molecule has 1 unspecified atom stereocenters. The first-order valence-corrected chi connectivity index (χ1v) is 6.29. The summed E-state index contributed by atoms with van der Waals surface area (Å²) in [7, 11) is 0. The highest BCUT2D eigenvalue weighted by Crippen LogP contribution is 2.17. The van der Waals surface area contributed by atoms with E-state index in [-0.39, 0.29) is 5.54 Å². The third kappa shape index (κ3) is 4.25. The van der Waals surface area contributed by atoms with Gasteiger partial charge < -0.3 is 5.32 Å². The van der Waals surface area contributed by atoms with Gasteiger partial charge >= 0.3 is 0 Å². The Labute approximate surface area is 106 Å². The van der Waals surface area contributed by atoms with E-state index in [2.05, 4.69) is 19.2 Å². The van der Waals surface area contributed by atoms with E-state index in [0.29, 0.717) is 12.4 Å². The smallest absolute Gasteiger partial charge is 0.159 e. The van der Waals surface area contributed by atoms with E-state index in [1.807, 2.05) is 0 Å². The number of nitrogens with one attached hydrogen (secondary N) is 1. The lowest BCUT2D eigenvalue weighted by molar-refractivity contribution is 0.330. The molecule has 0 amide bonds. The van der Waals surface area contributed by atoms with Crippen LogP contribution in [0.15, 0.2) is 18.2 Å². The standard InChI is InChI=1S/C13H18ClF2N/c1-3-13(2,6-7-14)17-9-10-4-5-11(15)12(16)8-10/h4-5,8,17H,3,6-7,9H2,1-2H3. The minimum atomic E-state index is -0.812. The first-order chi connectivity index (χ1) is 8.00. The number of hydrogen-bond acceptors (Lipinski definition) is 1. The van der Waals surface area contributed by atoms with Crippen LogP contribution in [0.2, 0.25) is 0 Å². The molecule has 0 spiro atoms. The van der Waals surface area contributed by atoms with Crippen molar-refractivity contribution in [2.24, 2.45) is 0 Å². The van der Waals surface area contributed by atoms with Crippen molar-refractivity contribution >= 4 is 11.6 Å². The average molecular weight is 262 g/mol. The molecule has 1 aromatic carbocycles. The Kier molecular flexibility index (Phi) is 5.34. The second-order valence-corrected chi connectivity index (χ2v) is 4.83. The topological polar surface area (TPSA) is 12.0 Å². The molecule has 0 aliphatic heterocycles. The van der Waals surface area contributed by atoms with Crippen LogP contribution in [0.5, 0.6) is 0 Å². The summed E-state index contributed by atoms with van der Waals surface area (Å²) in [5.74, 6) is -1.04. The quantitative estimate of drug-likeness (QED) is 0.767. The van der Waals surface area contributed by atoms with Crippen LogP contribution < -0.4 is 5.32 Å². The summed E-state index contributed by atoms with van der Waals surface area (Å²) in [6, 6.07) is 3.96. The molecular formula is C13H18ClF2N. The molecule has 0 aliphatic rings. The van der Waals surface area contributed by atoms with Crippen LogP contribution in [0.3, 0.4) is 0 Å². The Balaban J connectivity index is 2.62. The van der Waals surface area contributed by atoms with Crippen LogP contribution >= 0.6 is 11.6 Å². The fraction of sp³-hybridized carbons (Fsp3) is 0.538. The van der Waals surface area contributed by atoms with Crippen LogP contribution in [0.1, 0.15) is 32.3 Å². The van der Waals surface area contributed by atoms with Crippen molar-refractivity contribution in [2.45, 2.75) is 38.8 Å². The van der Waals surface area contributed by atoms with Gasteiger partial charge in [0, 0.05) is 18.0 Å². The van der Waals surface area contributed by atoms with Gasteiger partial charge in [0.2, 0.25) is 0 Å². The van der Waals surface area contributed by atoms with E-state index in [1.165, 1.54) is 6.07 Å². The average Bonchev–Trinajstić information content (AvgIpc) is 2.31. The maximum Gasteiger partial charge on any atom is 0.159 e. The molecule has 1 nitrogen and oxygen atoms in total. The molecule has 1 rings (SSSR count). The molecule has 4 heteroatoms. The lowest BCUT2D eigenvalue weighted by Crippen LogP contribution is -2.41. The lowest BCUT2D eigenvalue weighted by Gasteiger charge is -2.29. The van der Waals surface area contributed by atoms with E-state index < -0.39 is 11.6 Å². The Hall–Kier alpha value is -0.670. The largest absolute Gasteiger partial charge is 0.307 e. The fourth-order valence-electron chi connectivity index (χ4n) is 1.56. The van der Waals surface area contributed by atoms with Crippen molar-refractivity contribution in [3.8, 4) is 0 Å². The summed E-state index contributed by atoms with van der Waals surface area (Å²) < 4.78 is 25.8. The molecule has 17 heavy (non-hydrogen) atoms. The Morgan fingerprint density at radius 3 is 2.53 bits per heavy atom. The molecule has 0 heterocycles. The summed E-state index contributed by atoms with van der Waals surface area (Å²) in [5, 5.41) is 3.34. The molecule has 0 saturated carbocycles. The van der Waals surface area contributed by atoms with Gasteiger partial charge in [0.05, 0.1) is 0 Å². The molecule has 1 aromatic rings. The third-order valence-electron chi connectivity index (χ3n) is 3.13. The monoisotopic (exact) mass is 261 g/mol. The van der Waals surface area contributed by atoms with Crippen molar-refractivity contribution < 1.29 is 8.78 Å². The molecule has 0 radical (unpaired) electrons.